The van der Waals surface area contributed by atoms with Gasteiger partial charge in [-0.3, -0.25) is 9.59 Å². The van der Waals surface area contributed by atoms with Gasteiger partial charge in [0.1, 0.15) is 0 Å². The Morgan fingerprint density at radius 3 is 2.31 bits per heavy atom. The van der Waals surface area contributed by atoms with Crippen molar-refractivity contribution in [3.63, 3.8) is 0 Å². The molecule has 0 saturated carbocycles. The molecule has 0 aromatic heterocycles. The number of amides is 2. The molecule has 0 N–H and O–H groups in total. The predicted molar refractivity (Wildman–Crippen MR) is 124 cm³/mol. The van der Waals surface area contributed by atoms with Crippen molar-refractivity contribution in [3.05, 3.63) is 59.2 Å². The van der Waals surface area contributed by atoms with Crippen LogP contribution < -0.4 is 0 Å². The van der Waals surface area contributed by atoms with Gasteiger partial charge in [0.15, 0.2) is 0 Å². The van der Waals surface area contributed by atoms with Crippen LogP contribution in [0.2, 0.25) is 0 Å². The minimum Gasteiger partial charge on any atom is -0.378 e. The van der Waals surface area contributed by atoms with Gasteiger partial charge in [0.05, 0.1) is 13.2 Å². The maximum atomic E-state index is 13.0. The van der Waals surface area contributed by atoms with Crippen molar-refractivity contribution in [2.24, 2.45) is 0 Å². The summed E-state index contributed by atoms with van der Waals surface area (Å²) in [4.78, 5) is 32.0. The number of fused-ring (bicyclic) bond motifs is 1. The number of benzene rings is 2. The summed E-state index contributed by atoms with van der Waals surface area (Å²) in [7, 11) is 0. The molecule has 0 atom stereocenters. The Kier molecular flexibility index (Phi) is 6.23. The predicted octanol–water partition coefficient (Wildman–Crippen LogP) is 2.92. The topological polar surface area (TPSA) is 53.1 Å². The van der Waals surface area contributed by atoms with Crippen molar-refractivity contribution in [3.8, 4) is 11.1 Å². The SMILES string of the molecule is O=C(c1ccc(-c2ccc3c(c2)CCN(CCN2CCCC2)C3=O)cc1)N1CCOCC1. The zero-order chi connectivity index (χ0) is 21.9. The van der Waals surface area contributed by atoms with Crippen LogP contribution in [0.3, 0.4) is 0 Å². The van der Waals surface area contributed by atoms with Crippen molar-refractivity contribution in [2.75, 3.05) is 59.0 Å². The molecule has 3 heterocycles. The number of ether oxygens (including phenoxy) is 1. The molecule has 6 heteroatoms. The van der Waals surface area contributed by atoms with E-state index in [-0.39, 0.29) is 11.8 Å². The Balaban J connectivity index is 1.26. The summed E-state index contributed by atoms with van der Waals surface area (Å²) in [6.07, 6.45) is 3.45. The molecule has 2 amide bonds. The van der Waals surface area contributed by atoms with Gasteiger partial charge in [0.25, 0.3) is 11.8 Å². The minimum absolute atomic E-state index is 0.0601. The van der Waals surface area contributed by atoms with Crippen molar-refractivity contribution >= 4 is 11.8 Å². The second kappa shape index (κ2) is 9.43. The Labute approximate surface area is 189 Å². The van der Waals surface area contributed by atoms with Crippen LogP contribution in [0, 0.1) is 0 Å². The van der Waals surface area contributed by atoms with Crippen LogP contribution in [0.5, 0.6) is 0 Å². The van der Waals surface area contributed by atoms with E-state index in [0.29, 0.717) is 31.9 Å². The molecule has 32 heavy (non-hydrogen) atoms. The van der Waals surface area contributed by atoms with Gasteiger partial charge in [-0.15, -0.1) is 0 Å². The molecular formula is C26H31N3O3. The van der Waals surface area contributed by atoms with Crippen molar-refractivity contribution in [1.82, 2.24) is 14.7 Å². The lowest BCUT2D eigenvalue weighted by molar-refractivity contribution is 0.0303. The highest BCUT2D eigenvalue weighted by Gasteiger charge is 2.25. The molecule has 0 bridgehead atoms. The second-order valence-corrected chi connectivity index (χ2v) is 8.94. The monoisotopic (exact) mass is 433 g/mol. The van der Waals surface area contributed by atoms with Crippen LogP contribution in [0.25, 0.3) is 11.1 Å². The van der Waals surface area contributed by atoms with Crippen LogP contribution in [0.4, 0.5) is 0 Å². The van der Waals surface area contributed by atoms with E-state index in [4.69, 9.17) is 4.74 Å². The summed E-state index contributed by atoms with van der Waals surface area (Å²) in [5.74, 6) is 0.216. The van der Waals surface area contributed by atoms with Gasteiger partial charge >= 0.3 is 0 Å². The van der Waals surface area contributed by atoms with E-state index in [1.807, 2.05) is 46.2 Å². The summed E-state index contributed by atoms with van der Waals surface area (Å²) in [5.41, 5.74) is 4.82. The van der Waals surface area contributed by atoms with Crippen LogP contribution in [-0.2, 0) is 11.2 Å². The number of carbonyl (C=O) groups is 2. The van der Waals surface area contributed by atoms with E-state index in [0.717, 1.165) is 48.3 Å². The van der Waals surface area contributed by atoms with E-state index in [1.165, 1.54) is 25.9 Å². The first kappa shape index (κ1) is 21.2. The zero-order valence-electron chi connectivity index (χ0n) is 18.6. The fraction of sp³-hybridized carbons (Fsp3) is 0.462. The van der Waals surface area contributed by atoms with Gasteiger partial charge in [-0.2, -0.15) is 0 Å². The molecule has 0 radical (unpaired) electrons. The van der Waals surface area contributed by atoms with E-state index in [1.54, 1.807) is 0 Å². The fourth-order valence-electron chi connectivity index (χ4n) is 4.95. The average Bonchev–Trinajstić information content (AvgIpc) is 3.37. The minimum atomic E-state index is 0.0601. The number of nitrogens with zero attached hydrogens (tertiary/aromatic N) is 3. The van der Waals surface area contributed by atoms with E-state index in [2.05, 4.69) is 11.0 Å². The Morgan fingerprint density at radius 1 is 0.844 bits per heavy atom. The fourth-order valence-corrected chi connectivity index (χ4v) is 4.95. The normalized spacial score (nSPS) is 19.3. The van der Waals surface area contributed by atoms with Crippen LogP contribution >= 0.6 is 0 Å². The third-order valence-corrected chi connectivity index (χ3v) is 6.92. The lowest BCUT2D eigenvalue weighted by atomic mass is 9.93. The largest absolute Gasteiger partial charge is 0.378 e. The van der Waals surface area contributed by atoms with E-state index in [9.17, 15) is 9.59 Å². The third-order valence-electron chi connectivity index (χ3n) is 6.92. The first-order chi connectivity index (χ1) is 15.7. The van der Waals surface area contributed by atoms with Crippen LogP contribution in [0.1, 0.15) is 39.1 Å². The Hall–Kier alpha value is -2.70. The summed E-state index contributed by atoms with van der Waals surface area (Å²) in [6, 6.07) is 14.0. The molecule has 0 unspecified atom stereocenters. The van der Waals surface area contributed by atoms with Gasteiger partial charge in [-0.25, -0.2) is 0 Å². The standard InChI is InChI=1S/C26H31N3O3/c30-25(29-15-17-32-18-16-29)21-5-3-20(4-6-21)22-7-8-24-23(19-22)9-12-28(26(24)31)14-13-27-10-1-2-11-27/h3-8,19H,1-2,9-18H2. The van der Waals surface area contributed by atoms with Crippen LogP contribution in [0.15, 0.2) is 42.5 Å². The molecule has 6 nitrogen and oxygen atoms in total. The lowest BCUT2D eigenvalue weighted by Gasteiger charge is -2.30. The van der Waals surface area contributed by atoms with E-state index < -0.39 is 0 Å². The second-order valence-electron chi connectivity index (χ2n) is 8.94. The quantitative estimate of drug-likeness (QED) is 0.728. The smallest absolute Gasteiger partial charge is 0.254 e. The van der Waals surface area contributed by atoms with Gasteiger partial charge in [0, 0.05) is 43.9 Å². The van der Waals surface area contributed by atoms with E-state index >= 15 is 0 Å². The molecule has 3 aliphatic rings. The highest BCUT2D eigenvalue weighted by Crippen LogP contribution is 2.27. The summed E-state index contributed by atoms with van der Waals surface area (Å²) < 4.78 is 5.34. The molecule has 2 fully saturated rings. The highest BCUT2D eigenvalue weighted by molar-refractivity contribution is 5.97. The maximum absolute atomic E-state index is 13.0. The number of likely N-dealkylation sites (tertiary alicyclic amines) is 1. The molecule has 5 rings (SSSR count). The zero-order valence-corrected chi connectivity index (χ0v) is 18.6. The Bertz CT molecular complexity index is 976. The molecule has 3 aliphatic heterocycles. The van der Waals surface area contributed by atoms with Gasteiger partial charge in [-0.05, 0) is 67.2 Å². The highest BCUT2D eigenvalue weighted by atomic mass is 16.5. The number of carbonyl (C=O) groups excluding carboxylic acids is 2. The first-order valence-electron chi connectivity index (χ1n) is 11.8. The molecule has 2 aromatic rings. The average molecular weight is 434 g/mol. The van der Waals surface area contributed by atoms with Gasteiger partial charge < -0.3 is 19.4 Å². The van der Waals surface area contributed by atoms with Gasteiger partial charge in [-0.1, -0.05) is 24.3 Å². The molecular weight excluding hydrogens is 402 g/mol. The third kappa shape index (κ3) is 4.43. The molecule has 168 valence electrons. The van der Waals surface area contributed by atoms with Crippen molar-refractivity contribution < 1.29 is 14.3 Å². The number of hydrogen-bond acceptors (Lipinski definition) is 4. The lowest BCUT2D eigenvalue weighted by Crippen LogP contribution is -2.42. The number of rotatable bonds is 5. The molecule has 0 aliphatic carbocycles. The first-order valence-corrected chi connectivity index (χ1v) is 11.8. The molecule has 0 spiro atoms. The molecule has 2 aromatic carbocycles. The Morgan fingerprint density at radius 2 is 1.56 bits per heavy atom. The van der Waals surface area contributed by atoms with Gasteiger partial charge in [0.2, 0.25) is 0 Å². The van der Waals surface area contributed by atoms with Crippen LogP contribution in [-0.4, -0.2) is 85.5 Å². The summed E-state index contributed by atoms with van der Waals surface area (Å²) >= 11 is 0. The van der Waals surface area contributed by atoms with Crippen molar-refractivity contribution in [1.29, 1.82) is 0 Å². The summed E-state index contributed by atoms with van der Waals surface area (Å²) in [6.45, 7) is 7.42. The maximum Gasteiger partial charge on any atom is 0.254 e. The molecule has 2 saturated heterocycles. The number of morpholine rings is 1. The number of hydrogen-bond donors (Lipinski definition) is 0. The van der Waals surface area contributed by atoms with Crippen molar-refractivity contribution in [2.45, 2.75) is 19.3 Å². The summed E-state index contributed by atoms with van der Waals surface area (Å²) in [5, 5.41) is 0.